The summed E-state index contributed by atoms with van der Waals surface area (Å²) in [5.41, 5.74) is 6.58. The van der Waals surface area contributed by atoms with Crippen LogP contribution in [0.3, 0.4) is 0 Å². The first kappa shape index (κ1) is 27.2. The van der Waals surface area contributed by atoms with E-state index < -0.39 is 0 Å². The highest BCUT2D eigenvalue weighted by atomic mass is 32.1. The topological polar surface area (TPSA) is 47.9 Å². The summed E-state index contributed by atoms with van der Waals surface area (Å²) in [6.07, 6.45) is 6.52. The molecule has 2 aliphatic rings. The Bertz CT molecular complexity index is 2620. The molecule has 8 aromatic rings. The lowest BCUT2D eigenvalue weighted by Crippen LogP contribution is -2.19. The predicted octanol–water partition coefficient (Wildman–Crippen LogP) is 10.9. The number of hydrogen-bond donors (Lipinski definition) is 0. The smallest absolute Gasteiger partial charge is 0.164 e. The fourth-order valence-corrected chi connectivity index (χ4v) is 8.25. The van der Waals surface area contributed by atoms with Gasteiger partial charge in [-0.3, -0.25) is 0 Å². The number of hydrogen-bond acceptors (Lipinski definition) is 5. The maximum absolute atomic E-state index is 6.31. The Hall–Kier alpha value is -5.91. The van der Waals surface area contributed by atoms with Crippen molar-refractivity contribution in [3.63, 3.8) is 0 Å². The summed E-state index contributed by atoms with van der Waals surface area (Å²) < 4.78 is 8.85. The number of benzene rings is 6. The van der Waals surface area contributed by atoms with E-state index in [1.807, 2.05) is 35.6 Å². The first-order valence-corrected chi connectivity index (χ1v) is 17.0. The van der Waals surface area contributed by atoms with Gasteiger partial charge in [0, 0.05) is 42.4 Å². The molecule has 0 N–H and O–H groups in total. The summed E-state index contributed by atoms with van der Waals surface area (Å²) in [5, 5.41) is 4.78. The van der Waals surface area contributed by atoms with Crippen molar-refractivity contribution in [3.8, 4) is 39.9 Å². The van der Waals surface area contributed by atoms with Crippen molar-refractivity contribution >= 4 is 47.9 Å². The van der Waals surface area contributed by atoms with Crippen LogP contribution in [0.4, 0.5) is 0 Å². The molecule has 4 nitrogen and oxygen atoms in total. The highest BCUT2D eigenvalue weighted by molar-refractivity contribution is 7.25. The van der Waals surface area contributed by atoms with Gasteiger partial charge in [0.1, 0.15) is 11.9 Å². The molecule has 0 fully saturated rings. The highest BCUT2D eigenvalue weighted by Crippen LogP contribution is 2.48. The minimum absolute atomic E-state index is 0.00997. The molecule has 2 unspecified atom stereocenters. The Labute approximate surface area is 281 Å². The van der Waals surface area contributed by atoms with E-state index in [0.717, 1.165) is 27.8 Å². The lowest BCUT2D eigenvalue weighted by atomic mass is 9.81. The van der Waals surface area contributed by atoms with E-state index >= 15 is 0 Å². The molecular weight excluding hydrogens is 607 g/mol. The van der Waals surface area contributed by atoms with E-state index in [1.54, 1.807) is 0 Å². The lowest BCUT2D eigenvalue weighted by Gasteiger charge is -2.23. The van der Waals surface area contributed by atoms with E-state index in [9.17, 15) is 0 Å². The molecule has 0 saturated heterocycles. The third kappa shape index (κ3) is 4.47. The van der Waals surface area contributed by atoms with Crippen molar-refractivity contribution in [2.75, 3.05) is 0 Å². The van der Waals surface area contributed by atoms with Gasteiger partial charge in [-0.25, -0.2) is 15.0 Å². The number of thiophene rings is 1. The van der Waals surface area contributed by atoms with Crippen LogP contribution in [0.15, 0.2) is 152 Å². The standard InChI is InChI=1S/C43H27N3OS/c1-2-9-27(10-3-1)41-44-42(46-43(45-41)30-21-22-39-35(25-30)33-11-5-7-16-38(33)48-39)29-20-18-26-17-19-28(23-31(26)24-29)32-13-8-15-37-40(32)34-12-4-6-14-36(34)47-37/h1-25,37,40H. The molecular formula is C43H27N3OS. The number of aromatic nitrogens is 3. The van der Waals surface area contributed by atoms with Gasteiger partial charge in [-0.1, -0.05) is 103 Å². The largest absolute Gasteiger partial charge is 0.485 e. The molecule has 1 aliphatic carbocycles. The van der Waals surface area contributed by atoms with E-state index in [-0.39, 0.29) is 12.0 Å². The van der Waals surface area contributed by atoms with Crippen molar-refractivity contribution in [3.05, 3.63) is 163 Å². The van der Waals surface area contributed by atoms with E-state index in [2.05, 4.69) is 127 Å². The van der Waals surface area contributed by atoms with Gasteiger partial charge in [0.05, 0.1) is 5.92 Å². The average molecular weight is 634 g/mol. The van der Waals surface area contributed by atoms with Gasteiger partial charge < -0.3 is 4.74 Å². The quantitative estimate of drug-likeness (QED) is 0.193. The van der Waals surface area contributed by atoms with Crippen molar-refractivity contribution in [2.24, 2.45) is 0 Å². The van der Waals surface area contributed by atoms with Gasteiger partial charge >= 0.3 is 0 Å². The fourth-order valence-electron chi connectivity index (χ4n) is 7.16. The number of rotatable bonds is 4. The van der Waals surface area contributed by atoms with Crippen LogP contribution in [-0.4, -0.2) is 21.1 Å². The summed E-state index contributed by atoms with van der Waals surface area (Å²) >= 11 is 1.81. The molecule has 1 aliphatic heterocycles. The maximum Gasteiger partial charge on any atom is 0.164 e. The second-order valence-corrected chi connectivity index (χ2v) is 13.4. The van der Waals surface area contributed by atoms with Gasteiger partial charge in [0.15, 0.2) is 17.5 Å². The molecule has 0 bridgehead atoms. The van der Waals surface area contributed by atoms with Crippen molar-refractivity contribution < 1.29 is 4.74 Å². The highest BCUT2D eigenvalue weighted by Gasteiger charge is 2.36. The molecule has 6 aromatic carbocycles. The van der Waals surface area contributed by atoms with E-state index in [1.165, 1.54) is 42.3 Å². The number of allylic oxidation sites excluding steroid dienone is 2. The second-order valence-electron chi connectivity index (χ2n) is 12.4. The monoisotopic (exact) mass is 633 g/mol. The second kappa shape index (κ2) is 10.8. The summed E-state index contributed by atoms with van der Waals surface area (Å²) in [7, 11) is 0. The molecule has 3 heterocycles. The Kier molecular flexibility index (Phi) is 6.14. The van der Waals surface area contributed by atoms with Crippen LogP contribution in [0.1, 0.15) is 17.0 Å². The molecule has 226 valence electrons. The molecule has 0 saturated carbocycles. The van der Waals surface area contributed by atoms with Gasteiger partial charge in [-0.05, 0) is 70.4 Å². The zero-order chi connectivity index (χ0) is 31.6. The van der Waals surface area contributed by atoms with Crippen molar-refractivity contribution in [1.29, 1.82) is 0 Å². The molecule has 0 amide bonds. The Morgan fingerprint density at radius 1 is 0.521 bits per heavy atom. The normalized spacial score (nSPS) is 16.5. The average Bonchev–Trinajstić information content (AvgIpc) is 3.73. The Morgan fingerprint density at radius 3 is 2.06 bits per heavy atom. The van der Waals surface area contributed by atoms with Crippen molar-refractivity contribution in [1.82, 2.24) is 15.0 Å². The zero-order valence-corrected chi connectivity index (χ0v) is 26.6. The Balaban J connectivity index is 1.10. The number of ether oxygens (including phenoxy) is 1. The first-order valence-electron chi connectivity index (χ1n) is 16.2. The molecule has 5 heteroatoms. The van der Waals surface area contributed by atoms with Crippen LogP contribution in [-0.2, 0) is 0 Å². The maximum atomic E-state index is 6.31. The number of fused-ring (bicyclic) bond motifs is 7. The van der Waals surface area contributed by atoms with E-state index in [0.29, 0.717) is 17.5 Å². The molecule has 2 aromatic heterocycles. The van der Waals surface area contributed by atoms with E-state index in [4.69, 9.17) is 19.7 Å². The number of para-hydroxylation sites is 1. The Morgan fingerprint density at radius 2 is 1.19 bits per heavy atom. The van der Waals surface area contributed by atoms with Gasteiger partial charge in [0.2, 0.25) is 0 Å². The summed E-state index contributed by atoms with van der Waals surface area (Å²) in [6, 6.07) is 46.9. The van der Waals surface area contributed by atoms with Crippen LogP contribution >= 0.6 is 11.3 Å². The molecule has 10 rings (SSSR count). The third-order valence-corrected chi connectivity index (χ3v) is 10.6. The summed E-state index contributed by atoms with van der Waals surface area (Å²) in [6.45, 7) is 0. The van der Waals surface area contributed by atoms with Crippen LogP contribution < -0.4 is 4.74 Å². The van der Waals surface area contributed by atoms with Crippen LogP contribution in [0.25, 0.3) is 70.7 Å². The first-order chi connectivity index (χ1) is 23.7. The van der Waals surface area contributed by atoms with Crippen molar-refractivity contribution in [2.45, 2.75) is 12.0 Å². The third-order valence-electron chi connectivity index (χ3n) is 9.49. The lowest BCUT2D eigenvalue weighted by molar-refractivity contribution is 0.271. The summed E-state index contributed by atoms with van der Waals surface area (Å²) in [4.78, 5) is 15.1. The van der Waals surface area contributed by atoms with Crippen LogP contribution in [0.5, 0.6) is 5.75 Å². The molecule has 2 atom stereocenters. The van der Waals surface area contributed by atoms with Gasteiger partial charge in [-0.2, -0.15) is 0 Å². The van der Waals surface area contributed by atoms with Gasteiger partial charge in [-0.15, -0.1) is 11.3 Å². The minimum Gasteiger partial charge on any atom is -0.485 e. The molecule has 0 spiro atoms. The predicted molar refractivity (Wildman–Crippen MR) is 197 cm³/mol. The summed E-state index contributed by atoms with van der Waals surface area (Å²) in [5.74, 6) is 3.11. The molecule has 48 heavy (non-hydrogen) atoms. The van der Waals surface area contributed by atoms with Gasteiger partial charge in [0.25, 0.3) is 0 Å². The SMILES string of the molecule is C1=CC2Oc3ccccc3C2C(c2ccc3ccc(-c4nc(-c5ccccc5)nc(-c5ccc6sc7ccccc7c6c5)n4)cc3c2)=C1. The minimum atomic E-state index is 0.00997. The molecule has 0 radical (unpaired) electrons. The zero-order valence-electron chi connectivity index (χ0n) is 25.7. The fraction of sp³-hybridized carbons (Fsp3) is 0.0465. The van der Waals surface area contributed by atoms with Crippen LogP contribution in [0.2, 0.25) is 0 Å². The number of nitrogens with zero attached hydrogens (tertiary/aromatic N) is 3. The van der Waals surface area contributed by atoms with Crippen LogP contribution in [0, 0.1) is 0 Å².